The monoisotopic (exact) mass is 271 g/mol. The molecule has 1 aliphatic carbocycles. The normalized spacial score (nSPS) is 21.5. The molecule has 1 fully saturated rings. The largest absolute Gasteiger partial charge is 1.00 e. The van der Waals surface area contributed by atoms with Crippen molar-refractivity contribution in [1.82, 2.24) is 5.32 Å². The van der Waals surface area contributed by atoms with Gasteiger partial charge in [-0.25, -0.2) is 8.42 Å². The van der Waals surface area contributed by atoms with Crippen molar-refractivity contribution in [3.8, 4) is 0 Å². The van der Waals surface area contributed by atoms with Gasteiger partial charge in [0.25, 0.3) is 0 Å². The minimum absolute atomic E-state index is 0. The Morgan fingerprint density at radius 3 is 1.94 bits per heavy atom. The van der Waals surface area contributed by atoms with E-state index in [9.17, 15) is 17.8 Å². The van der Waals surface area contributed by atoms with Crippen LogP contribution in [0.25, 0.3) is 0 Å². The Morgan fingerprint density at radius 2 is 1.65 bits per heavy atom. The molecule has 0 unspecified atom stereocenters. The molecule has 1 rings (SSSR count). The summed E-state index contributed by atoms with van der Waals surface area (Å²) >= 11 is 0. The van der Waals surface area contributed by atoms with Crippen molar-refractivity contribution in [1.29, 1.82) is 0 Å². The van der Waals surface area contributed by atoms with Gasteiger partial charge in [-0.15, -0.1) is 0 Å². The molecule has 94 valence electrons. The quantitative estimate of drug-likeness (QED) is 0.446. The first-order valence-electron chi connectivity index (χ1n) is 5.21. The molecule has 0 aromatic rings. The van der Waals surface area contributed by atoms with E-state index in [1.807, 2.05) is 27.7 Å². The summed E-state index contributed by atoms with van der Waals surface area (Å²) in [5, 5.41) is 2.49. The van der Waals surface area contributed by atoms with Crippen molar-refractivity contribution in [2.45, 2.75) is 27.7 Å². The van der Waals surface area contributed by atoms with Crippen LogP contribution in [0.3, 0.4) is 0 Å². The zero-order chi connectivity index (χ0) is 12.8. The van der Waals surface area contributed by atoms with E-state index in [4.69, 9.17) is 0 Å². The average molecular weight is 271 g/mol. The fraction of sp³-hybridized carbons (Fsp3) is 0.900. The van der Waals surface area contributed by atoms with Crippen molar-refractivity contribution in [3.63, 3.8) is 0 Å². The van der Waals surface area contributed by atoms with Gasteiger partial charge in [0.15, 0.2) is 0 Å². The van der Waals surface area contributed by atoms with Gasteiger partial charge >= 0.3 is 29.6 Å². The topological polar surface area (TPSA) is 86.3 Å². The van der Waals surface area contributed by atoms with Crippen LogP contribution in [0.5, 0.6) is 0 Å². The molecule has 5 nitrogen and oxygen atoms in total. The van der Waals surface area contributed by atoms with E-state index in [0.717, 1.165) is 0 Å². The summed E-state index contributed by atoms with van der Waals surface area (Å²) in [5.74, 6) is -0.834. The number of nitrogens with one attached hydrogen (secondary N) is 1. The van der Waals surface area contributed by atoms with Crippen molar-refractivity contribution in [2.75, 3.05) is 12.3 Å². The minimum atomic E-state index is -4.25. The molecule has 1 saturated carbocycles. The number of hydrogen-bond donors (Lipinski definition) is 1. The zero-order valence-corrected chi connectivity index (χ0v) is 13.8. The zero-order valence-electron chi connectivity index (χ0n) is 11.0. The van der Waals surface area contributed by atoms with Crippen LogP contribution in [0, 0.1) is 16.7 Å². The van der Waals surface area contributed by atoms with E-state index >= 15 is 0 Å². The molecular weight excluding hydrogens is 253 g/mol. The smallest absolute Gasteiger partial charge is 0.748 e. The van der Waals surface area contributed by atoms with Crippen LogP contribution in [0.2, 0.25) is 0 Å². The summed E-state index contributed by atoms with van der Waals surface area (Å²) in [6, 6.07) is 0. The van der Waals surface area contributed by atoms with Crippen LogP contribution in [0.4, 0.5) is 0 Å². The molecule has 7 heteroatoms. The van der Waals surface area contributed by atoms with Gasteiger partial charge in [-0.2, -0.15) is 0 Å². The Bertz CT molecular complexity index is 389. The summed E-state index contributed by atoms with van der Waals surface area (Å²) in [5.41, 5.74) is -0.152. The van der Waals surface area contributed by atoms with Crippen molar-refractivity contribution < 1.29 is 47.3 Å². The van der Waals surface area contributed by atoms with Crippen LogP contribution in [0.15, 0.2) is 0 Å². The molecule has 0 aliphatic heterocycles. The van der Waals surface area contributed by atoms with E-state index in [2.05, 4.69) is 5.32 Å². The van der Waals surface area contributed by atoms with Crippen molar-refractivity contribution in [2.24, 2.45) is 16.7 Å². The van der Waals surface area contributed by atoms with Crippen LogP contribution in [-0.4, -0.2) is 31.2 Å². The second kappa shape index (κ2) is 5.17. The Hall–Kier alpha value is 0.380. The molecule has 0 aromatic carbocycles. The number of amides is 1. The van der Waals surface area contributed by atoms with Crippen LogP contribution >= 0.6 is 0 Å². The Labute approximate surface area is 125 Å². The first kappa shape index (κ1) is 17.4. The average Bonchev–Trinajstić information content (AvgIpc) is 2.39. The predicted molar refractivity (Wildman–Crippen MR) is 58.6 cm³/mol. The second-order valence-corrected chi connectivity index (χ2v) is 6.95. The molecule has 0 bridgehead atoms. The van der Waals surface area contributed by atoms with Crippen LogP contribution in [0.1, 0.15) is 27.7 Å². The summed E-state index contributed by atoms with van der Waals surface area (Å²) in [7, 11) is -4.25. The van der Waals surface area contributed by atoms with E-state index in [0.29, 0.717) is 0 Å². The van der Waals surface area contributed by atoms with Crippen LogP contribution in [-0.2, 0) is 14.9 Å². The summed E-state index contributed by atoms with van der Waals surface area (Å²) in [4.78, 5) is 11.7. The van der Waals surface area contributed by atoms with E-state index < -0.39 is 15.9 Å². The van der Waals surface area contributed by atoms with Gasteiger partial charge in [0.2, 0.25) is 5.91 Å². The molecule has 1 N–H and O–H groups in total. The van der Waals surface area contributed by atoms with E-state index in [1.165, 1.54) is 0 Å². The van der Waals surface area contributed by atoms with Gasteiger partial charge in [0, 0.05) is 12.5 Å². The van der Waals surface area contributed by atoms with E-state index in [-0.39, 0.29) is 58.8 Å². The Balaban J connectivity index is 0.00000256. The summed E-state index contributed by atoms with van der Waals surface area (Å²) < 4.78 is 31.0. The molecule has 17 heavy (non-hydrogen) atoms. The molecule has 0 aromatic heterocycles. The van der Waals surface area contributed by atoms with Gasteiger partial charge in [0.1, 0.15) is 0 Å². The Kier molecular flexibility index (Phi) is 5.28. The maximum atomic E-state index is 11.7. The third kappa shape index (κ3) is 3.67. The fourth-order valence-corrected chi connectivity index (χ4v) is 2.61. The van der Waals surface area contributed by atoms with Gasteiger partial charge < -0.3 is 9.87 Å². The molecule has 1 amide bonds. The van der Waals surface area contributed by atoms with E-state index in [1.54, 1.807) is 0 Å². The SMILES string of the molecule is CC1(C)C(C(=O)NCCS(=O)(=O)[O-])C1(C)C.[Na+]. The molecule has 0 saturated heterocycles. The molecule has 0 atom stereocenters. The maximum Gasteiger partial charge on any atom is 1.00 e. The van der Waals surface area contributed by atoms with Gasteiger partial charge in [0.05, 0.1) is 15.9 Å². The van der Waals surface area contributed by atoms with Crippen molar-refractivity contribution in [3.05, 3.63) is 0 Å². The Morgan fingerprint density at radius 1 is 1.24 bits per heavy atom. The van der Waals surface area contributed by atoms with Crippen LogP contribution < -0.4 is 34.9 Å². The van der Waals surface area contributed by atoms with Crippen molar-refractivity contribution >= 4 is 16.0 Å². The third-order valence-electron chi connectivity index (χ3n) is 3.93. The molecule has 0 spiro atoms. The summed E-state index contributed by atoms with van der Waals surface area (Å²) in [6.07, 6.45) is 0. The number of rotatable bonds is 4. The molecule has 0 radical (unpaired) electrons. The number of hydrogen-bond acceptors (Lipinski definition) is 4. The van der Waals surface area contributed by atoms with Gasteiger partial charge in [-0.05, 0) is 10.8 Å². The van der Waals surface area contributed by atoms with Gasteiger partial charge in [-0.3, -0.25) is 4.79 Å². The number of carbonyl (C=O) groups excluding carboxylic acids is 1. The molecule has 1 aliphatic rings. The fourth-order valence-electron chi connectivity index (χ4n) is 2.25. The molecular formula is C10H18NNaO4S. The molecule has 0 heterocycles. The predicted octanol–water partition coefficient (Wildman–Crippen LogP) is -2.67. The first-order chi connectivity index (χ1) is 7.00. The standard InChI is InChI=1S/C10H19NO4S.Na/c1-9(2)7(10(9,3)4)8(12)11-5-6-16(13,14)15;/h7H,5-6H2,1-4H3,(H,11,12)(H,13,14,15);/q;+1/p-1. The summed E-state index contributed by atoms with van der Waals surface area (Å²) in [6.45, 7) is 7.90. The second-order valence-electron chi connectivity index (χ2n) is 5.43. The van der Waals surface area contributed by atoms with Gasteiger partial charge in [-0.1, -0.05) is 27.7 Å². The first-order valence-corrected chi connectivity index (χ1v) is 6.79. The third-order valence-corrected chi connectivity index (χ3v) is 4.64. The number of carbonyl (C=O) groups is 1. The minimum Gasteiger partial charge on any atom is -0.748 e. The maximum absolute atomic E-state index is 11.7.